The molecule has 0 bridgehead atoms. The second-order valence-corrected chi connectivity index (χ2v) is 4.09. The van der Waals surface area contributed by atoms with Crippen LogP contribution in [-0.2, 0) is 16.6 Å². The number of carboxylic acid groups (broad SMARTS) is 1. The summed E-state index contributed by atoms with van der Waals surface area (Å²) >= 11 is 0. The first-order valence-electron chi connectivity index (χ1n) is 4.74. The number of aromatic amines is 1. The van der Waals surface area contributed by atoms with Crippen molar-refractivity contribution >= 4 is 5.97 Å². The van der Waals surface area contributed by atoms with E-state index in [0.717, 1.165) is 18.7 Å². The number of rotatable bonds is 3. The Morgan fingerprint density at radius 1 is 1.64 bits per heavy atom. The fourth-order valence-electron chi connectivity index (χ4n) is 1.72. The molecule has 0 radical (unpaired) electrons. The molecular weight excluding hydrogens is 182 g/mol. The van der Waals surface area contributed by atoms with E-state index in [9.17, 15) is 4.79 Å². The van der Waals surface area contributed by atoms with Gasteiger partial charge in [-0.3, -0.25) is 9.89 Å². The molecule has 0 amide bonds. The average molecular weight is 195 g/mol. The summed E-state index contributed by atoms with van der Waals surface area (Å²) in [7, 11) is 0. The van der Waals surface area contributed by atoms with Crippen molar-refractivity contribution in [3.63, 3.8) is 0 Å². The molecule has 1 aliphatic rings. The normalized spacial score (nSPS) is 18.9. The molecule has 1 aromatic rings. The van der Waals surface area contributed by atoms with E-state index in [-0.39, 0.29) is 11.8 Å². The Labute approximate surface area is 81.6 Å². The molecule has 1 saturated carbocycles. The van der Waals surface area contributed by atoms with E-state index in [4.69, 9.17) is 5.11 Å². The van der Waals surface area contributed by atoms with Crippen LogP contribution in [0, 0.1) is 0 Å². The maximum Gasteiger partial charge on any atom is 0.311 e. The summed E-state index contributed by atoms with van der Waals surface area (Å²) in [5.74, 6) is 0.326. The van der Waals surface area contributed by atoms with Crippen LogP contribution in [-0.4, -0.2) is 26.3 Å². The zero-order valence-electron chi connectivity index (χ0n) is 8.08. The Morgan fingerprint density at radius 3 is 2.86 bits per heavy atom. The zero-order valence-corrected chi connectivity index (χ0v) is 8.08. The number of hydrogen-bond acceptors (Lipinski definition) is 3. The van der Waals surface area contributed by atoms with E-state index < -0.39 is 5.97 Å². The predicted molar refractivity (Wildman–Crippen MR) is 48.9 cm³/mol. The van der Waals surface area contributed by atoms with Gasteiger partial charge in [0, 0.05) is 5.41 Å². The average Bonchev–Trinajstić information content (AvgIpc) is 2.47. The van der Waals surface area contributed by atoms with Gasteiger partial charge in [-0.25, -0.2) is 4.98 Å². The molecule has 0 unspecified atom stereocenters. The van der Waals surface area contributed by atoms with Crippen LogP contribution in [0.5, 0.6) is 0 Å². The van der Waals surface area contributed by atoms with Gasteiger partial charge in [0.25, 0.3) is 0 Å². The number of hydrogen-bond donors (Lipinski definition) is 2. The van der Waals surface area contributed by atoms with Crippen molar-refractivity contribution in [2.45, 2.75) is 38.0 Å². The van der Waals surface area contributed by atoms with Crippen molar-refractivity contribution in [1.82, 2.24) is 15.2 Å². The molecule has 5 nitrogen and oxygen atoms in total. The highest BCUT2D eigenvalue weighted by Crippen LogP contribution is 2.41. The lowest BCUT2D eigenvalue weighted by Crippen LogP contribution is -2.31. The van der Waals surface area contributed by atoms with E-state index in [2.05, 4.69) is 22.1 Å². The fourth-order valence-corrected chi connectivity index (χ4v) is 1.72. The maximum absolute atomic E-state index is 10.4. The molecule has 1 heterocycles. The van der Waals surface area contributed by atoms with Gasteiger partial charge in [-0.2, -0.15) is 5.10 Å². The molecule has 0 aromatic carbocycles. The molecule has 1 aromatic heterocycles. The number of carboxylic acids is 1. The molecule has 2 N–H and O–H groups in total. The van der Waals surface area contributed by atoms with Crippen molar-refractivity contribution in [3.05, 3.63) is 11.6 Å². The first-order chi connectivity index (χ1) is 6.60. The highest BCUT2D eigenvalue weighted by atomic mass is 16.4. The molecule has 1 aliphatic carbocycles. The Balaban J connectivity index is 2.13. The van der Waals surface area contributed by atoms with Gasteiger partial charge >= 0.3 is 5.97 Å². The molecule has 14 heavy (non-hydrogen) atoms. The first-order valence-corrected chi connectivity index (χ1v) is 4.74. The minimum atomic E-state index is -0.883. The van der Waals surface area contributed by atoms with Crippen LogP contribution >= 0.6 is 0 Å². The predicted octanol–water partition coefficient (Wildman–Crippen LogP) is 0.873. The Bertz CT molecular complexity index is 355. The van der Waals surface area contributed by atoms with E-state index in [1.807, 2.05) is 0 Å². The SMILES string of the molecule is CC1(c2n[nH]c(CC(=O)O)n2)CCC1. The molecule has 1 fully saturated rings. The van der Waals surface area contributed by atoms with Gasteiger partial charge < -0.3 is 5.11 Å². The minimum Gasteiger partial charge on any atom is -0.481 e. The number of nitrogens with one attached hydrogen (secondary N) is 1. The van der Waals surface area contributed by atoms with Crippen molar-refractivity contribution in [3.8, 4) is 0 Å². The third-order valence-corrected chi connectivity index (χ3v) is 2.85. The van der Waals surface area contributed by atoms with Crippen molar-refractivity contribution in [1.29, 1.82) is 0 Å². The van der Waals surface area contributed by atoms with Crippen LogP contribution in [0.2, 0.25) is 0 Å². The number of aliphatic carboxylic acids is 1. The highest BCUT2D eigenvalue weighted by Gasteiger charge is 2.37. The Kier molecular flexibility index (Phi) is 2.02. The molecule has 0 atom stereocenters. The van der Waals surface area contributed by atoms with Gasteiger partial charge in [0.05, 0.1) is 0 Å². The van der Waals surface area contributed by atoms with Crippen LogP contribution < -0.4 is 0 Å². The third-order valence-electron chi connectivity index (χ3n) is 2.85. The van der Waals surface area contributed by atoms with Gasteiger partial charge in [0.1, 0.15) is 12.2 Å². The molecule has 0 spiro atoms. The quantitative estimate of drug-likeness (QED) is 0.750. The van der Waals surface area contributed by atoms with Crippen LogP contribution in [0.15, 0.2) is 0 Å². The lowest BCUT2D eigenvalue weighted by Gasteiger charge is -2.35. The molecule has 0 saturated heterocycles. The van der Waals surface area contributed by atoms with Crippen molar-refractivity contribution in [2.24, 2.45) is 0 Å². The zero-order chi connectivity index (χ0) is 10.2. The maximum atomic E-state index is 10.4. The monoisotopic (exact) mass is 195 g/mol. The number of carbonyl (C=O) groups is 1. The summed E-state index contributed by atoms with van der Waals surface area (Å²) in [5, 5.41) is 15.3. The topological polar surface area (TPSA) is 78.9 Å². The first kappa shape index (κ1) is 9.18. The van der Waals surface area contributed by atoms with Gasteiger partial charge in [-0.1, -0.05) is 13.3 Å². The standard InChI is InChI=1S/C9H13N3O2/c1-9(3-2-4-9)8-10-6(11-12-8)5-7(13)14/h2-5H2,1H3,(H,13,14)(H,10,11,12). The fraction of sp³-hybridized carbons (Fsp3) is 0.667. The van der Waals surface area contributed by atoms with E-state index >= 15 is 0 Å². The van der Waals surface area contributed by atoms with Crippen molar-refractivity contribution < 1.29 is 9.90 Å². The molecular formula is C9H13N3O2. The second kappa shape index (κ2) is 3.08. The van der Waals surface area contributed by atoms with E-state index in [1.54, 1.807) is 0 Å². The van der Waals surface area contributed by atoms with Gasteiger partial charge in [0.15, 0.2) is 5.82 Å². The lowest BCUT2D eigenvalue weighted by atomic mass is 9.70. The molecule has 5 heteroatoms. The summed E-state index contributed by atoms with van der Waals surface area (Å²) in [6.45, 7) is 2.12. The number of nitrogens with zero attached hydrogens (tertiary/aromatic N) is 2. The summed E-state index contributed by atoms with van der Waals surface area (Å²) in [5.41, 5.74) is 0.0766. The molecule has 0 aliphatic heterocycles. The summed E-state index contributed by atoms with van der Waals surface area (Å²) in [6, 6.07) is 0. The largest absolute Gasteiger partial charge is 0.481 e. The molecule has 2 rings (SSSR count). The van der Waals surface area contributed by atoms with Gasteiger partial charge in [-0.05, 0) is 12.8 Å². The van der Waals surface area contributed by atoms with Crippen LogP contribution in [0.25, 0.3) is 0 Å². The van der Waals surface area contributed by atoms with Crippen LogP contribution in [0.1, 0.15) is 37.8 Å². The summed E-state index contributed by atoms with van der Waals surface area (Å²) < 4.78 is 0. The molecule has 76 valence electrons. The van der Waals surface area contributed by atoms with Gasteiger partial charge in [-0.15, -0.1) is 0 Å². The number of aromatic nitrogens is 3. The Hall–Kier alpha value is -1.39. The Morgan fingerprint density at radius 2 is 2.36 bits per heavy atom. The van der Waals surface area contributed by atoms with E-state index in [1.165, 1.54) is 6.42 Å². The highest BCUT2D eigenvalue weighted by molar-refractivity contribution is 5.68. The van der Waals surface area contributed by atoms with E-state index in [0.29, 0.717) is 5.82 Å². The number of H-pyrrole nitrogens is 1. The third kappa shape index (κ3) is 1.49. The smallest absolute Gasteiger partial charge is 0.311 e. The van der Waals surface area contributed by atoms with Crippen LogP contribution in [0.3, 0.4) is 0 Å². The van der Waals surface area contributed by atoms with Gasteiger partial charge in [0.2, 0.25) is 0 Å². The minimum absolute atomic E-state index is 0.0766. The lowest BCUT2D eigenvalue weighted by molar-refractivity contribution is -0.136. The summed E-state index contributed by atoms with van der Waals surface area (Å²) in [4.78, 5) is 14.6. The van der Waals surface area contributed by atoms with Crippen LogP contribution in [0.4, 0.5) is 0 Å². The van der Waals surface area contributed by atoms with Crippen molar-refractivity contribution in [2.75, 3.05) is 0 Å². The summed E-state index contributed by atoms with van der Waals surface area (Å²) in [6.07, 6.45) is 3.32. The second-order valence-electron chi connectivity index (χ2n) is 4.09.